The van der Waals surface area contributed by atoms with Crippen molar-refractivity contribution in [2.45, 2.75) is 0 Å². The molecule has 0 saturated carbocycles. The van der Waals surface area contributed by atoms with Crippen molar-refractivity contribution in [3.63, 3.8) is 0 Å². The van der Waals surface area contributed by atoms with Gasteiger partial charge in [0, 0.05) is 24.0 Å². The average Bonchev–Trinajstić information content (AvgIpc) is 3.04. The molecular weight excluding hydrogens is 396 g/mol. The molecule has 3 N–H and O–H groups in total. The summed E-state index contributed by atoms with van der Waals surface area (Å²) in [6.45, 7) is 0. The summed E-state index contributed by atoms with van der Waals surface area (Å²) >= 11 is 0. The molecule has 0 radical (unpaired) electrons. The number of nitrogens with one attached hydrogen (secondary N) is 3. The molecule has 3 aromatic carbocycles. The molecule has 8 heteroatoms. The third-order valence-electron chi connectivity index (χ3n) is 4.77. The first kappa shape index (κ1) is 19.8. The first-order valence-corrected chi connectivity index (χ1v) is 9.46. The van der Waals surface area contributed by atoms with E-state index >= 15 is 0 Å². The topological polar surface area (TPSA) is 108 Å². The van der Waals surface area contributed by atoms with Crippen LogP contribution in [-0.4, -0.2) is 30.8 Å². The number of rotatable bonds is 4. The molecule has 3 aromatic rings. The van der Waals surface area contributed by atoms with Crippen LogP contribution in [0.2, 0.25) is 0 Å². The van der Waals surface area contributed by atoms with Crippen molar-refractivity contribution in [3.8, 4) is 0 Å². The number of carbonyl (C=O) groups excluding carboxylic acids is 4. The Morgan fingerprint density at radius 1 is 0.742 bits per heavy atom. The molecule has 0 aliphatic carbocycles. The van der Waals surface area contributed by atoms with Crippen molar-refractivity contribution >= 4 is 40.8 Å². The number of hydrogen-bond donors (Lipinski definition) is 3. The zero-order chi connectivity index (χ0) is 22.0. The number of amides is 5. The smallest absolute Gasteiger partial charge is 0.318 e. The van der Waals surface area contributed by atoms with Crippen LogP contribution in [0.4, 0.5) is 21.9 Å². The summed E-state index contributed by atoms with van der Waals surface area (Å²) in [6.07, 6.45) is 0. The van der Waals surface area contributed by atoms with Gasteiger partial charge in [-0.25, -0.2) is 9.69 Å². The molecule has 0 bridgehead atoms. The summed E-state index contributed by atoms with van der Waals surface area (Å²) in [5.74, 6) is -1.27. The Hall–Kier alpha value is -4.46. The number of nitrogens with zero attached hydrogens (tertiary/aromatic N) is 1. The Bertz CT molecular complexity index is 1190. The van der Waals surface area contributed by atoms with E-state index in [1.807, 2.05) is 0 Å². The molecule has 8 nitrogen and oxygen atoms in total. The zero-order valence-corrected chi connectivity index (χ0v) is 16.5. The molecule has 0 aromatic heterocycles. The highest BCUT2D eigenvalue weighted by molar-refractivity contribution is 6.34. The van der Waals surface area contributed by atoms with Gasteiger partial charge in [-0.2, -0.15) is 0 Å². The van der Waals surface area contributed by atoms with E-state index in [1.165, 1.54) is 13.1 Å². The molecule has 1 heterocycles. The number of anilines is 3. The number of imide groups is 1. The Morgan fingerprint density at radius 2 is 1.35 bits per heavy atom. The van der Waals surface area contributed by atoms with E-state index in [9.17, 15) is 19.2 Å². The van der Waals surface area contributed by atoms with Crippen LogP contribution in [0.15, 0.2) is 72.8 Å². The summed E-state index contributed by atoms with van der Waals surface area (Å²) in [4.78, 5) is 50.7. The van der Waals surface area contributed by atoms with Crippen molar-refractivity contribution in [2.75, 3.05) is 22.6 Å². The third kappa shape index (κ3) is 3.86. The maximum atomic E-state index is 12.8. The first-order valence-electron chi connectivity index (χ1n) is 9.46. The number of urea groups is 1. The van der Waals surface area contributed by atoms with Gasteiger partial charge in [0.05, 0.1) is 16.8 Å². The number of benzene rings is 3. The second-order valence-corrected chi connectivity index (χ2v) is 6.78. The van der Waals surface area contributed by atoms with Crippen LogP contribution in [0.3, 0.4) is 0 Å². The van der Waals surface area contributed by atoms with E-state index < -0.39 is 17.7 Å². The molecule has 0 atom stereocenters. The van der Waals surface area contributed by atoms with E-state index in [-0.39, 0.29) is 11.6 Å². The van der Waals surface area contributed by atoms with E-state index in [1.54, 1.807) is 66.7 Å². The lowest BCUT2D eigenvalue weighted by Crippen LogP contribution is -2.29. The van der Waals surface area contributed by atoms with E-state index in [2.05, 4.69) is 16.0 Å². The molecule has 0 fully saturated rings. The summed E-state index contributed by atoms with van der Waals surface area (Å²) < 4.78 is 0. The lowest BCUT2D eigenvalue weighted by atomic mass is 10.1. The molecule has 31 heavy (non-hydrogen) atoms. The van der Waals surface area contributed by atoms with Crippen LogP contribution in [0.1, 0.15) is 31.1 Å². The zero-order valence-electron chi connectivity index (χ0n) is 16.5. The van der Waals surface area contributed by atoms with Gasteiger partial charge in [-0.05, 0) is 48.5 Å². The Kier molecular flexibility index (Phi) is 5.19. The lowest BCUT2D eigenvalue weighted by molar-refractivity contribution is 0.0924. The second kappa shape index (κ2) is 8.11. The second-order valence-electron chi connectivity index (χ2n) is 6.78. The Labute approximate surface area is 177 Å². The molecule has 154 valence electrons. The summed E-state index contributed by atoms with van der Waals surface area (Å²) in [6, 6.07) is 19.2. The number of carbonyl (C=O) groups is 4. The molecule has 5 amide bonds. The number of hydrogen-bond acceptors (Lipinski definition) is 4. The minimum absolute atomic E-state index is 0.277. The molecule has 0 unspecified atom stereocenters. The highest BCUT2D eigenvalue weighted by atomic mass is 16.2. The Balaban J connectivity index is 1.55. The standard InChI is InChI=1S/C23H18N4O4/c1-24-23(31)26-16-8-5-7-15(13-16)25-20(28)14-6-4-9-17(12-14)27-21(29)18-10-2-3-11-19(18)22(27)30/h2-13H,1H3,(H,25,28)(H2,24,26,31). The van der Waals surface area contributed by atoms with Gasteiger partial charge in [0.1, 0.15) is 0 Å². The summed E-state index contributed by atoms with van der Waals surface area (Å²) in [7, 11) is 1.50. The van der Waals surface area contributed by atoms with Crippen molar-refractivity contribution in [3.05, 3.63) is 89.5 Å². The van der Waals surface area contributed by atoms with Crippen molar-refractivity contribution < 1.29 is 19.2 Å². The fourth-order valence-corrected chi connectivity index (χ4v) is 3.28. The largest absolute Gasteiger partial charge is 0.341 e. The SMILES string of the molecule is CNC(=O)Nc1cccc(NC(=O)c2cccc(N3C(=O)c4ccccc4C3=O)c2)c1. The van der Waals surface area contributed by atoms with Crippen LogP contribution in [0.5, 0.6) is 0 Å². The van der Waals surface area contributed by atoms with Gasteiger partial charge < -0.3 is 16.0 Å². The van der Waals surface area contributed by atoms with E-state index in [0.717, 1.165) is 4.90 Å². The van der Waals surface area contributed by atoms with Gasteiger partial charge in [-0.3, -0.25) is 14.4 Å². The van der Waals surface area contributed by atoms with E-state index in [4.69, 9.17) is 0 Å². The minimum Gasteiger partial charge on any atom is -0.341 e. The van der Waals surface area contributed by atoms with Crippen molar-refractivity contribution in [1.29, 1.82) is 0 Å². The predicted octanol–water partition coefficient (Wildman–Crippen LogP) is 3.49. The average molecular weight is 414 g/mol. The molecule has 1 aliphatic heterocycles. The third-order valence-corrected chi connectivity index (χ3v) is 4.77. The summed E-state index contributed by atoms with van der Waals surface area (Å²) in [5, 5.41) is 7.82. The minimum atomic E-state index is -0.425. The van der Waals surface area contributed by atoms with Crippen LogP contribution in [0.25, 0.3) is 0 Å². The van der Waals surface area contributed by atoms with Gasteiger partial charge in [0.2, 0.25) is 0 Å². The quantitative estimate of drug-likeness (QED) is 0.568. The van der Waals surface area contributed by atoms with Crippen LogP contribution >= 0.6 is 0 Å². The van der Waals surface area contributed by atoms with Gasteiger partial charge in [0.25, 0.3) is 17.7 Å². The monoisotopic (exact) mass is 414 g/mol. The fourth-order valence-electron chi connectivity index (χ4n) is 3.28. The normalized spacial score (nSPS) is 12.4. The van der Waals surface area contributed by atoms with Crippen LogP contribution in [0, 0.1) is 0 Å². The van der Waals surface area contributed by atoms with Crippen LogP contribution < -0.4 is 20.9 Å². The Morgan fingerprint density at radius 3 is 2.00 bits per heavy atom. The van der Waals surface area contributed by atoms with Gasteiger partial charge >= 0.3 is 6.03 Å². The van der Waals surface area contributed by atoms with Crippen LogP contribution in [-0.2, 0) is 0 Å². The van der Waals surface area contributed by atoms with Crippen molar-refractivity contribution in [1.82, 2.24) is 5.32 Å². The van der Waals surface area contributed by atoms with Gasteiger partial charge in [-0.1, -0.05) is 24.3 Å². The molecular formula is C23H18N4O4. The highest BCUT2D eigenvalue weighted by Crippen LogP contribution is 2.29. The first-order chi connectivity index (χ1) is 15.0. The molecule has 0 saturated heterocycles. The van der Waals surface area contributed by atoms with E-state index in [0.29, 0.717) is 28.2 Å². The lowest BCUT2D eigenvalue weighted by Gasteiger charge is -2.15. The number of fused-ring (bicyclic) bond motifs is 1. The van der Waals surface area contributed by atoms with Gasteiger partial charge in [-0.15, -0.1) is 0 Å². The fraction of sp³-hybridized carbons (Fsp3) is 0.0435. The molecule has 0 spiro atoms. The summed E-state index contributed by atoms with van der Waals surface area (Å²) in [5.41, 5.74) is 2.25. The van der Waals surface area contributed by atoms with Crippen molar-refractivity contribution in [2.24, 2.45) is 0 Å². The maximum absolute atomic E-state index is 12.8. The predicted molar refractivity (Wildman–Crippen MR) is 116 cm³/mol. The molecule has 1 aliphatic rings. The molecule has 4 rings (SSSR count). The van der Waals surface area contributed by atoms with Gasteiger partial charge in [0.15, 0.2) is 0 Å². The highest BCUT2D eigenvalue weighted by Gasteiger charge is 2.36. The maximum Gasteiger partial charge on any atom is 0.318 e.